The van der Waals surface area contributed by atoms with E-state index in [1.807, 2.05) is 6.20 Å². The fraction of sp³-hybridized carbons (Fsp3) is 0.643. The van der Waals surface area contributed by atoms with Gasteiger partial charge in [0, 0.05) is 18.4 Å². The Kier molecular flexibility index (Phi) is 3.94. The SMILES string of the molecule is CCCNC1CCC(c2cnccc2C)C1. The normalized spacial score (nSPS) is 24.9. The fourth-order valence-electron chi connectivity index (χ4n) is 2.70. The zero-order valence-electron chi connectivity index (χ0n) is 10.4. The van der Waals surface area contributed by atoms with Crippen LogP contribution in [0, 0.1) is 6.92 Å². The molecular weight excluding hydrogens is 196 g/mol. The van der Waals surface area contributed by atoms with E-state index < -0.39 is 0 Å². The van der Waals surface area contributed by atoms with Gasteiger partial charge in [-0.15, -0.1) is 0 Å². The predicted molar refractivity (Wildman–Crippen MR) is 67.6 cm³/mol. The molecule has 0 amide bonds. The number of hydrogen-bond donors (Lipinski definition) is 1. The van der Waals surface area contributed by atoms with Gasteiger partial charge in [0.15, 0.2) is 0 Å². The van der Waals surface area contributed by atoms with Gasteiger partial charge in [0.05, 0.1) is 0 Å². The summed E-state index contributed by atoms with van der Waals surface area (Å²) in [5.74, 6) is 0.725. The molecule has 1 fully saturated rings. The standard InChI is InChI=1S/C14H22N2/c1-3-7-16-13-5-4-12(9-13)14-10-15-8-6-11(14)2/h6,8,10,12-13,16H,3-5,7,9H2,1-2H3. The Bertz CT molecular complexity index is 335. The third-order valence-corrected chi connectivity index (χ3v) is 3.64. The average molecular weight is 218 g/mol. The van der Waals surface area contributed by atoms with Gasteiger partial charge in [0.2, 0.25) is 0 Å². The van der Waals surface area contributed by atoms with Gasteiger partial charge in [0.1, 0.15) is 0 Å². The number of rotatable bonds is 4. The Hall–Kier alpha value is -0.890. The van der Waals surface area contributed by atoms with Crippen LogP contribution >= 0.6 is 0 Å². The second kappa shape index (κ2) is 5.44. The van der Waals surface area contributed by atoms with Gasteiger partial charge in [0.25, 0.3) is 0 Å². The first kappa shape index (κ1) is 11.6. The predicted octanol–water partition coefficient (Wildman–Crippen LogP) is 3.03. The summed E-state index contributed by atoms with van der Waals surface area (Å²) in [5, 5.41) is 3.63. The number of hydrogen-bond acceptors (Lipinski definition) is 2. The minimum Gasteiger partial charge on any atom is -0.314 e. The summed E-state index contributed by atoms with van der Waals surface area (Å²) in [6, 6.07) is 2.85. The van der Waals surface area contributed by atoms with Crippen LogP contribution < -0.4 is 5.32 Å². The molecule has 2 nitrogen and oxygen atoms in total. The molecule has 1 aliphatic rings. The van der Waals surface area contributed by atoms with Crippen molar-refractivity contribution >= 4 is 0 Å². The van der Waals surface area contributed by atoms with E-state index in [0.29, 0.717) is 0 Å². The molecule has 0 spiro atoms. The zero-order valence-corrected chi connectivity index (χ0v) is 10.4. The number of aryl methyl sites for hydroxylation is 1. The molecule has 2 heteroatoms. The highest BCUT2D eigenvalue weighted by molar-refractivity contribution is 5.26. The zero-order chi connectivity index (χ0) is 11.4. The summed E-state index contributed by atoms with van der Waals surface area (Å²) in [6.45, 7) is 5.58. The fourth-order valence-corrected chi connectivity index (χ4v) is 2.70. The van der Waals surface area contributed by atoms with Gasteiger partial charge in [-0.1, -0.05) is 6.92 Å². The summed E-state index contributed by atoms with van der Waals surface area (Å²) in [4.78, 5) is 4.26. The molecule has 1 N–H and O–H groups in total. The van der Waals surface area contributed by atoms with Crippen LogP contribution in [0.3, 0.4) is 0 Å². The largest absolute Gasteiger partial charge is 0.314 e. The molecule has 1 saturated carbocycles. The lowest BCUT2D eigenvalue weighted by molar-refractivity contribution is 0.516. The van der Waals surface area contributed by atoms with Crippen LogP contribution in [-0.4, -0.2) is 17.6 Å². The van der Waals surface area contributed by atoms with Gasteiger partial charge < -0.3 is 5.32 Å². The van der Waals surface area contributed by atoms with Crippen LogP contribution in [0.15, 0.2) is 18.5 Å². The van der Waals surface area contributed by atoms with Crippen molar-refractivity contribution in [1.82, 2.24) is 10.3 Å². The van der Waals surface area contributed by atoms with Gasteiger partial charge in [-0.05, 0) is 62.3 Å². The minimum absolute atomic E-state index is 0.725. The Morgan fingerprint density at radius 2 is 2.31 bits per heavy atom. The number of pyridine rings is 1. The quantitative estimate of drug-likeness (QED) is 0.840. The Labute approximate surface area is 98.5 Å². The molecule has 0 bridgehead atoms. The maximum Gasteiger partial charge on any atom is 0.0305 e. The number of nitrogens with zero attached hydrogens (tertiary/aromatic N) is 1. The van der Waals surface area contributed by atoms with E-state index in [9.17, 15) is 0 Å². The van der Waals surface area contributed by atoms with E-state index in [2.05, 4.69) is 36.4 Å². The molecule has 1 aromatic heterocycles. The summed E-state index contributed by atoms with van der Waals surface area (Å²) in [6.07, 6.45) is 9.09. The molecule has 1 aromatic rings. The Morgan fingerprint density at radius 3 is 3.06 bits per heavy atom. The highest BCUT2D eigenvalue weighted by Crippen LogP contribution is 2.35. The molecule has 2 unspecified atom stereocenters. The molecule has 0 aliphatic heterocycles. The van der Waals surface area contributed by atoms with Crippen LogP contribution in [0.1, 0.15) is 49.7 Å². The van der Waals surface area contributed by atoms with E-state index in [1.54, 1.807) is 0 Å². The first-order valence-corrected chi connectivity index (χ1v) is 6.45. The smallest absolute Gasteiger partial charge is 0.0305 e. The molecular formula is C14H22N2. The van der Waals surface area contributed by atoms with Crippen LogP contribution in [0.2, 0.25) is 0 Å². The molecule has 1 heterocycles. The summed E-state index contributed by atoms with van der Waals surface area (Å²) < 4.78 is 0. The van der Waals surface area contributed by atoms with E-state index in [4.69, 9.17) is 0 Å². The summed E-state index contributed by atoms with van der Waals surface area (Å²) in [5.41, 5.74) is 2.86. The second-order valence-electron chi connectivity index (χ2n) is 4.89. The third-order valence-electron chi connectivity index (χ3n) is 3.64. The Morgan fingerprint density at radius 1 is 1.44 bits per heavy atom. The molecule has 2 atom stereocenters. The van der Waals surface area contributed by atoms with E-state index in [-0.39, 0.29) is 0 Å². The topological polar surface area (TPSA) is 24.9 Å². The maximum atomic E-state index is 4.26. The summed E-state index contributed by atoms with van der Waals surface area (Å²) >= 11 is 0. The average Bonchev–Trinajstić information content (AvgIpc) is 2.75. The third kappa shape index (κ3) is 2.62. The van der Waals surface area contributed by atoms with Gasteiger partial charge in [-0.25, -0.2) is 0 Å². The highest BCUT2D eigenvalue weighted by Gasteiger charge is 2.26. The lowest BCUT2D eigenvalue weighted by Crippen LogP contribution is -2.26. The Balaban J connectivity index is 1.96. The first-order chi connectivity index (χ1) is 7.81. The van der Waals surface area contributed by atoms with Gasteiger partial charge in [-0.3, -0.25) is 4.98 Å². The van der Waals surface area contributed by atoms with Crippen molar-refractivity contribution in [3.05, 3.63) is 29.6 Å². The number of nitrogens with one attached hydrogen (secondary N) is 1. The van der Waals surface area contributed by atoms with Crippen LogP contribution in [0.25, 0.3) is 0 Å². The molecule has 2 rings (SSSR count). The van der Waals surface area contributed by atoms with Crippen molar-refractivity contribution in [2.75, 3.05) is 6.54 Å². The molecule has 0 saturated heterocycles. The van der Waals surface area contributed by atoms with Crippen LogP contribution in [0.5, 0.6) is 0 Å². The minimum atomic E-state index is 0.725. The van der Waals surface area contributed by atoms with Crippen molar-refractivity contribution in [3.63, 3.8) is 0 Å². The van der Waals surface area contributed by atoms with Gasteiger partial charge >= 0.3 is 0 Å². The van der Waals surface area contributed by atoms with Crippen molar-refractivity contribution in [2.24, 2.45) is 0 Å². The monoisotopic (exact) mass is 218 g/mol. The molecule has 0 aromatic carbocycles. The first-order valence-electron chi connectivity index (χ1n) is 6.45. The lowest BCUT2D eigenvalue weighted by atomic mass is 9.95. The molecule has 1 aliphatic carbocycles. The van der Waals surface area contributed by atoms with E-state index in [0.717, 1.165) is 18.5 Å². The molecule has 88 valence electrons. The summed E-state index contributed by atoms with van der Waals surface area (Å²) in [7, 11) is 0. The van der Waals surface area contributed by atoms with Crippen molar-refractivity contribution < 1.29 is 0 Å². The van der Waals surface area contributed by atoms with Crippen LogP contribution in [-0.2, 0) is 0 Å². The van der Waals surface area contributed by atoms with E-state index >= 15 is 0 Å². The van der Waals surface area contributed by atoms with Crippen molar-refractivity contribution in [1.29, 1.82) is 0 Å². The molecule has 16 heavy (non-hydrogen) atoms. The second-order valence-corrected chi connectivity index (χ2v) is 4.89. The highest BCUT2D eigenvalue weighted by atomic mass is 14.9. The van der Waals surface area contributed by atoms with Crippen molar-refractivity contribution in [3.8, 4) is 0 Å². The maximum absolute atomic E-state index is 4.26. The lowest BCUT2D eigenvalue weighted by Gasteiger charge is -2.14. The van der Waals surface area contributed by atoms with E-state index in [1.165, 1.54) is 36.8 Å². The number of aromatic nitrogens is 1. The van der Waals surface area contributed by atoms with Crippen LogP contribution in [0.4, 0.5) is 0 Å². The van der Waals surface area contributed by atoms with Crippen molar-refractivity contribution in [2.45, 2.75) is 51.5 Å². The van der Waals surface area contributed by atoms with Gasteiger partial charge in [-0.2, -0.15) is 0 Å². The molecule has 0 radical (unpaired) electrons.